The Kier molecular flexibility index (Phi) is 4.69. The molecule has 3 N–H and O–H groups in total. The summed E-state index contributed by atoms with van der Waals surface area (Å²) in [4.78, 5) is 17.4. The topological polar surface area (TPSA) is 115 Å². The predicted octanol–water partition coefficient (Wildman–Crippen LogP) is 3.32. The molecule has 0 fully saturated rings. The van der Waals surface area contributed by atoms with E-state index in [1.807, 2.05) is 0 Å². The second kappa shape index (κ2) is 6.84. The number of nitrogens with one attached hydrogen (secondary N) is 1. The number of nitrogens with zero attached hydrogens (tertiary/aromatic N) is 4. The molecule has 11 heteroatoms. The quantitative estimate of drug-likeness (QED) is 0.786. The summed E-state index contributed by atoms with van der Waals surface area (Å²) in [6.07, 6.45) is 5.21. The van der Waals surface area contributed by atoms with Crippen molar-refractivity contribution in [1.29, 1.82) is 0 Å². The first-order chi connectivity index (χ1) is 13.6. The fourth-order valence-corrected chi connectivity index (χ4v) is 4.87. The molecular weight excluding hydrogens is 402 g/mol. The van der Waals surface area contributed by atoms with E-state index in [1.54, 1.807) is 0 Å². The molecule has 2 amide bonds. The third-order valence-corrected chi connectivity index (χ3v) is 6.75. The van der Waals surface area contributed by atoms with E-state index in [2.05, 4.69) is 28.6 Å². The second-order valence-corrected chi connectivity index (χ2v) is 9.72. The summed E-state index contributed by atoms with van der Waals surface area (Å²) in [7, 11) is -3.76. The lowest BCUT2D eigenvalue weighted by Gasteiger charge is -2.20. The van der Waals surface area contributed by atoms with Crippen molar-refractivity contribution in [2.24, 2.45) is 9.50 Å². The minimum absolute atomic E-state index is 0.0902. The molecule has 2 aromatic heterocycles. The van der Waals surface area contributed by atoms with E-state index < -0.39 is 22.5 Å². The van der Waals surface area contributed by atoms with Crippen LogP contribution in [0.1, 0.15) is 55.8 Å². The van der Waals surface area contributed by atoms with Crippen LogP contribution in [0.25, 0.3) is 0 Å². The molecule has 0 saturated heterocycles. The number of fused-ring (bicyclic) bond motifs is 2. The van der Waals surface area contributed by atoms with Gasteiger partial charge in [-0.15, -0.1) is 4.36 Å². The van der Waals surface area contributed by atoms with Crippen molar-refractivity contribution < 1.29 is 17.8 Å². The van der Waals surface area contributed by atoms with Crippen molar-refractivity contribution in [2.45, 2.75) is 62.9 Å². The number of pyridine rings is 1. The van der Waals surface area contributed by atoms with Crippen LogP contribution >= 0.6 is 0 Å². The molecule has 1 unspecified atom stereocenters. The number of carbonyl (C=O) groups excluding carboxylic acids is 1. The van der Waals surface area contributed by atoms with E-state index in [4.69, 9.17) is 10.1 Å². The Balaban J connectivity index is 1.69. The van der Waals surface area contributed by atoms with Gasteiger partial charge in [-0.25, -0.2) is 18.8 Å². The zero-order chi connectivity index (χ0) is 21.0. The van der Waals surface area contributed by atoms with Crippen molar-refractivity contribution in [1.82, 2.24) is 14.8 Å². The zero-order valence-electron chi connectivity index (χ0n) is 16.1. The normalized spacial score (nSPS) is 19.0. The molecule has 1 atom stereocenters. The Bertz CT molecular complexity index is 1120. The highest BCUT2D eigenvalue weighted by molar-refractivity contribution is 7.91. The molecule has 0 saturated carbocycles. The largest absolute Gasteiger partial charge is 0.354 e. The fourth-order valence-electron chi connectivity index (χ4n) is 4.02. The van der Waals surface area contributed by atoms with Crippen molar-refractivity contribution >= 4 is 21.6 Å². The van der Waals surface area contributed by atoms with Crippen LogP contribution in [0.3, 0.4) is 0 Å². The van der Waals surface area contributed by atoms with E-state index in [1.165, 1.54) is 0 Å². The minimum Gasteiger partial charge on any atom is -0.305 e. The predicted molar refractivity (Wildman–Crippen MR) is 103 cm³/mol. The first kappa shape index (κ1) is 19.9. The Labute approximate surface area is 167 Å². The summed E-state index contributed by atoms with van der Waals surface area (Å²) in [5.41, 5.74) is 4.48. The van der Waals surface area contributed by atoms with Gasteiger partial charge >= 0.3 is 12.6 Å². The maximum atomic E-state index is 12.7. The zero-order valence-corrected chi connectivity index (χ0v) is 16.9. The highest BCUT2D eigenvalue weighted by atomic mass is 32.2. The molecule has 29 heavy (non-hydrogen) atoms. The number of aryl methyl sites for hydroxylation is 1. The second-order valence-electron chi connectivity index (χ2n) is 7.98. The summed E-state index contributed by atoms with van der Waals surface area (Å²) >= 11 is 0. The number of amides is 2. The number of alkyl halides is 2. The summed E-state index contributed by atoms with van der Waals surface area (Å²) in [6, 6.07) is 0.173. The lowest BCUT2D eigenvalue weighted by molar-refractivity contribution is 0.0554. The highest BCUT2D eigenvalue weighted by Crippen LogP contribution is 2.44. The average molecular weight is 424 g/mol. The molecule has 0 aromatic carbocycles. The molecule has 8 nitrogen and oxygen atoms in total. The van der Waals surface area contributed by atoms with Gasteiger partial charge in [-0.05, 0) is 49.3 Å². The summed E-state index contributed by atoms with van der Waals surface area (Å²) in [5, 5.41) is 11.5. The third kappa shape index (κ3) is 3.52. The van der Waals surface area contributed by atoms with Crippen molar-refractivity contribution in [2.75, 3.05) is 5.32 Å². The standard InChI is InChI=1S/C18H22F2N6O2S/c1-18(2)8-6-11-14(10-4-3-5-12(10)22-15(11)18)23-17(27)25-29(21,28)13-7-9-26(24-13)16(19)20/h7,9,16H,3-6,8H2,1-2H3,(H3,21,22,23,25,27,28). The number of rotatable bonds is 3. The molecule has 0 bridgehead atoms. The van der Waals surface area contributed by atoms with Crippen LogP contribution in [0, 0.1) is 0 Å². The van der Waals surface area contributed by atoms with Gasteiger partial charge in [0.25, 0.3) is 0 Å². The van der Waals surface area contributed by atoms with E-state index in [9.17, 15) is 17.8 Å². The van der Waals surface area contributed by atoms with Gasteiger partial charge < -0.3 is 5.32 Å². The van der Waals surface area contributed by atoms with Gasteiger partial charge in [0.15, 0.2) is 14.9 Å². The first-order valence-electron chi connectivity index (χ1n) is 9.33. The van der Waals surface area contributed by atoms with Gasteiger partial charge in [0.1, 0.15) is 0 Å². The van der Waals surface area contributed by atoms with Gasteiger partial charge in [-0.1, -0.05) is 13.8 Å². The molecule has 2 aromatic rings. The maximum absolute atomic E-state index is 12.7. The SMILES string of the molecule is CC1(C)CCc2c1nc1c(c2NC(=O)N=S(N)(=O)c2ccn(C(F)F)n2)CCC1. The number of carbonyl (C=O) groups is 1. The average Bonchev–Trinajstić information content (AvgIpc) is 3.34. The van der Waals surface area contributed by atoms with Gasteiger partial charge in [0, 0.05) is 17.3 Å². The van der Waals surface area contributed by atoms with Crippen molar-refractivity contribution in [3.8, 4) is 0 Å². The molecule has 2 heterocycles. The van der Waals surface area contributed by atoms with Crippen LogP contribution < -0.4 is 10.5 Å². The number of nitrogens with two attached hydrogens (primary N) is 1. The monoisotopic (exact) mass is 424 g/mol. The number of urea groups is 1. The summed E-state index contributed by atoms with van der Waals surface area (Å²) in [6.45, 7) is 1.34. The Morgan fingerprint density at radius 1 is 1.34 bits per heavy atom. The molecule has 156 valence electrons. The van der Waals surface area contributed by atoms with Crippen molar-refractivity contribution in [3.05, 3.63) is 34.8 Å². The number of anilines is 1. The first-order valence-corrected chi connectivity index (χ1v) is 10.9. The van der Waals surface area contributed by atoms with Crippen LogP contribution in [0.5, 0.6) is 0 Å². The van der Waals surface area contributed by atoms with Crippen LogP contribution in [0.4, 0.5) is 19.3 Å². The Morgan fingerprint density at radius 2 is 2.10 bits per heavy atom. The van der Waals surface area contributed by atoms with Crippen LogP contribution in [0.15, 0.2) is 21.7 Å². The molecule has 2 aliphatic rings. The minimum atomic E-state index is -3.76. The number of halogens is 2. The molecule has 0 radical (unpaired) electrons. The van der Waals surface area contributed by atoms with Crippen LogP contribution in [-0.4, -0.2) is 25.0 Å². The molecule has 2 aliphatic carbocycles. The summed E-state index contributed by atoms with van der Waals surface area (Å²) < 4.78 is 41.8. The third-order valence-electron chi connectivity index (χ3n) is 5.50. The van der Waals surface area contributed by atoms with E-state index in [0.29, 0.717) is 10.4 Å². The van der Waals surface area contributed by atoms with Gasteiger partial charge in [-0.3, -0.25) is 4.98 Å². The smallest absolute Gasteiger partial charge is 0.305 e. The highest BCUT2D eigenvalue weighted by Gasteiger charge is 2.36. The molecular formula is C18H22F2N6O2S. The van der Waals surface area contributed by atoms with E-state index >= 15 is 0 Å². The van der Waals surface area contributed by atoms with Crippen LogP contribution in [0.2, 0.25) is 0 Å². The van der Waals surface area contributed by atoms with E-state index in [0.717, 1.165) is 66.9 Å². The summed E-state index contributed by atoms with van der Waals surface area (Å²) in [5.74, 6) is 0. The van der Waals surface area contributed by atoms with Gasteiger partial charge in [-0.2, -0.15) is 13.9 Å². The Hall–Kier alpha value is -2.40. The molecule has 0 aliphatic heterocycles. The van der Waals surface area contributed by atoms with Gasteiger partial charge in [0.2, 0.25) is 0 Å². The lowest BCUT2D eigenvalue weighted by Crippen LogP contribution is -2.20. The van der Waals surface area contributed by atoms with Gasteiger partial charge in [0.05, 0.1) is 11.4 Å². The number of aromatic nitrogens is 3. The lowest BCUT2D eigenvalue weighted by atomic mass is 9.90. The van der Waals surface area contributed by atoms with Crippen LogP contribution in [-0.2, 0) is 34.6 Å². The molecule has 4 rings (SSSR count). The number of hydrogen-bond donors (Lipinski definition) is 2. The maximum Gasteiger partial charge on any atom is 0.354 e. The molecule has 0 spiro atoms. The Morgan fingerprint density at radius 3 is 2.79 bits per heavy atom. The fraction of sp³-hybridized carbons (Fsp3) is 0.500. The van der Waals surface area contributed by atoms with E-state index in [-0.39, 0.29) is 10.4 Å². The van der Waals surface area contributed by atoms with Crippen molar-refractivity contribution in [3.63, 3.8) is 0 Å². The number of hydrogen-bond acceptors (Lipinski definition) is 4.